The van der Waals surface area contributed by atoms with E-state index < -0.39 is 47.9 Å². The Balaban J connectivity index is 1.49. The van der Waals surface area contributed by atoms with Crippen LogP contribution in [0.5, 0.6) is 0 Å². The predicted octanol–water partition coefficient (Wildman–Crippen LogP) is -1.44. The van der Waals surface area contributed by atoms with Gasteiger partial charge in [0.15, 0.2) is 5.96 Å². The molecule has 17 heteroatoms. The zero-order valence-corrected chi connectivity index (χ0v) is 24.9. The van der Waals surface area contributed by atoms with E-state index in [0.717, 1.165) is 10.9 Å². The van der Waals surface area contributed by atoms with Crippen LogP contribution in [0.1, 0.15) is 29.8 Å². The Morgan fingerprint density at radius 3 is 2.11 bits per heavy atom. The number of carboxylic acids is 1. The molecule has 0 saturated carbocycles. The standard InChI is InChI=1S/C29H38N12O5/c30-20(9-17-12-33-14-37-17)25(42)39-22(6-3-7-35-29(31)32)26(43)40-23(10-18-13-34-15-38-18)27(44)41-24(28(45)46)8-16-11-36-21-5-2-1-4-19(16)21/h1-2,4-5,11-15,20,22-24,36H,3,6-10,30H2,(H,33,37)(H,34,38)(H,39,42)(H,40,43)(H,41,44)(H,45,46)(H4,31,32,35). The molecular weight excluding hydrogens is 596 g/mol. The Morgan fingerprint density at radius 1 is 0.826 bits per heavy atom. The maximum absolute atomic E-state index is 13.6. The van der Waals surface area contributed by atoms with E-state index in [1.165, 1.54) is 25.0 Å². The zero-order chi connectivity index (χ0) is 33.1. The fraction of sp³-hybridized carbons (Fsp3) is 0.345. The van der Waals surface area contributed by atoms with E-state index in [9.17, 15) is 24.3 Å². The van der Waals surface area contributed by atoms with E-state index >= 15 is 0 Å². The molecule has 3 heterocycles. The number of H-pyrrole nitrogens is 3. The summed E-state index contributed by atoms with van der Waals surface area (Å²) >= 11 is 0. The average molecular weight is 635 g/mol. The number of aromatic amines is 3. The third-order valence-electron chi connectivity index (χ3n) is 7.24. The highest BCUT2D eigenvalue weighted by Crippen LogP contribution is 2.19. The van der Waals surface area contributed by atoms with E-state index in [2.05, 4.69) is 45.9 Å². The first-order valence-electron chi connectivity index (χ1n) is 14.5. The maximum Gasteiger partial charge on any atom is 0.326 e. The van der Waals surface area contributed by atoms with E-state index in [-0.39, 0.29) is 38.2 Å². The third kappa shape index (κ3) is 9.39. The van der Waals surface area contributed by atoms with Gasteiger partial charge in [-0.2, -0.15) is 0 Å². The lowest BCUT2D eigenvalue weighted by molar-refractivity contribution is -0.142. The van der Waals surface area contributed by atoms with E-state index in [1.54, 1.807) is 6.20 Å². The Bertz CT molecular complexity index is 1630. The van der Waals surface area contributed by atoms with Crippen molar-refractivity contribution in [2.24, 2.45) is 22.2 Å². The molecule has 244 valence electrons. The maximum atomic E-state index is 13.6. The van der Waals surface area contributed by atoms with Gasteiger partial charge in [-0.1, -0.05) is 18.2 Å². The second kappa shape index (κ2) is 15.8. The number of carbonyl (C=O) groups is 4. The number of benzene rings is 1. The first kappa shape index (κ1) is 33.2. The molecule has 0 spiro atoms. The van der Waals surface area contributed by atoms with Crippen LogP contribution in [0, 0.1) is 0 Å². The number of fused-ring (bicyclic) bond motifs is 1. The number of nitrogens with zero attached hydrogens (tertiary/aromatic N) is 3. The van der Waals surface area contributed by atoms with Crippen molar-refractivity contribution >= 4 is 40.6 Å². The van der Waals surface area contributed by atoms with Crippen LogP contribution in [-0.4, -0.2) is 90.4 Å². The Kier molecular flexibility index (Phi) is 11.4. The van der Waals surface area contributed by atoms with Crippen molar-refractivity contribution in [2.75, 3.05) is 6.54 Å². The van der Waals surface area contributed by atoms with Crippen molar-refractivity contribution in [3.8, 4) is 0 Å². The van der Waals surface area contributed by atoms with Gasteiger partial charge in [0.1, 0.15) is 18.1 Å². The lowest BCUT2D eigenvalue weighted by Gasteiger charge is -2.25. The van der Waals surface area contributed by atoms with Crippen LogP contribution in [0.2, 0.25) is 0 Å². The molecule has 4 aromatic rings. The summed E-state index contributed by atoms with van der Waals surface area (Å²) in [6, 6.07) is 2.75. The molecule has 0 bridgehead atoms. The summed E-state index contributed by atoms with van der Waals surface area (Å²) in [5, 5.41) is 18.7. The summed E-state index contributed by atoms with van der Waals surface area (Å²) < 4.78 is 0. The van der Waals surface area contributed by atoms with Crippen LogP contribution in [0.15, 0.2) is 60.5 Å². The highest BCUT2D eigenvalue weighted by Gasteiger charge is 2.31. The highest BCUT2D eigenvalue weighted by molar-refractivity contribution is 5.94. The normalized spacial score (nSPS) is 13.7. The van der Waals surface area contributed by atoms with Crippen LogP contribution >= 0.6 is 0 Å². The lowest BCUT2D eigenvalue weighted by Crippen LogP contribution is -2.58. The number of para-hydroxylation sites is 1. The number of nitrogens with one attached hydrogen (secondary N) is 6. The van der Waals surface area contributed by atoms with Crippen molar-refractivity contribution in [3.63, 3.8) is 0 Å². The van der Waals surface area contributed by atoms with Crippen molar-refractivity contribution in [3.05, 3.63) is 72.5 Å². The molecular formula is C29H38N12O5. The summed E-state index contributed by atoms with van der Waals surface area (Å²) in [6.07, 6.45) is 8.12. The molecule has 3 aromatic heterocycles. The van der Waals surface area contributed by atoms with Gasteiger partial charge in [0.05, 0.1) is 18.7 Å². The monoisotopic (exact) mass is 634 g/mol. The van der Waals surface area contributed by atoms with Crippen LogP contribution < -0.4 is 33.2 Å². The van der Waals surface area contributed by atoms with Crippen LogP contribution in [0.4, 0.5) is 0 Å². The molecule has 0 aliphatic carbocycles. The number of carboxylic acid groups (broad SMARTS) is 1. The molecule has 1 aromatic carbocycles. The Labute approximate surface area is 263 Å². The van der Waals surface area contributed by atoms with Crippen molar-refractivity contribution in [2.45, 2.75) is 56.3 Å². The fourth-order valence-electron chi connectivity index (χ4n) is 4.87. The first-order valence-corrected chi connectivity index (χ1v) is 14.5. The number of aromatic nitrogens is 5. The molecule has 0 aliphatic heterocycles. The highest BCUT2D eigenvalue weighted by atomic mass is 16.4. The van der Waals surface area contributed by atoms with Gasteiger partial charge >= 0.3 is 5.97 Å². The summed E-state index contributed by atoms with van der Waals surface area (Å²) in [5.41, 5.74) is 19.6. The Hall–Kier alpha value is -5.71. The lowest BCUT2D eigenvalue weighted by atomic mass is 10.0. The molecule has 0 aliphatic rings. The van der Waals surface area contributed by atoms with Gasteiger partial charge in [-0.05, 0) is 24.5 Å². The van der Waals surface area contributed by atoms with E-state index in [1.807, 2.05) is 24.3 Å². The average Bonchev–Trinajstić information content (AvgIpc) is 3.81. The minimum Gasteiger partial charge on any atom is -0.480 e. The third-order valence-corrected chi connectivity index (χ3v) is 7.24. The Morgan fingerprint density at radius 2 is 1.46 bits per heavy atom. The van der Waals surface area contributed by atoms with Crippen molar-refractivity contribution in [1.29, 1.82) is 0 Å². The number of hydrogen-bond donors (Lipinski definition) is 10. The molecule has 17 nitrogen and oxygen atoms in total. The number of amides is 3. The number of imidazole rings is 2. The second-order valence-corrected chi connectivity index (χ2v) is 10.7. The predicted molar refractivity (Wildman–Crippen MR) is 168 cm³/mol. The van der Waals surface area contributed by atoms with Crippen LogP contribution in [0.3, 0.4) is 0 Å². The van der Waals surface area contributed by atoms with Crippen molar-refractivity contribution < 1.29 is 24.3 Å². The van der Waals surface area contributed by atoms with Crippen LogP contribution in [0.25, 0.3) is 10.9 Å². The minimum absolute atomic E-state index is 0.00644. The molecule has 13 N–H and O–H groups in total. The van der Waals surface area contributed by atoms with E-state index in [4.69, 9.17) is 17.2 Å². The van der Waals surface area contributed by atoms with E-state index in [0.29, 0.717) is 23.4 Å². The van der Waals surface area contributed by atoms with Gasteiger partial charge < -0.3 is 53.2 Å². The quantitative estimate of drug-likeness (QED) is 0.0367. The number of aliphatic imine (C=N–C) groups is 1. The van der Waals surface area contributed by atoms with Gasteiger partial charge in [0.2, 0.25) is 17.7 Å². The molecule has 4 unspecified atom stereocenters. The number of aliphatic carboxylic acids is 1. The summed E-state index contributed by atoms with van der Waals surface area (Å²) in [4.78, 5) is 73.1. The molecule has 46 heavy (non-hydrogen) atoms. The van der Waals surface area contributed by atoms with Gasteiger partial charge in [0.25, 0.3) is 0 Å². The SMILES string of the molecule is NC(N)=NCCCC(NC(=O)C(N)Cc1cnc[nH]1)C(=O)NC(Cc1cnc[nH]1)C(=O)NC(Cc1c[nH]c2ccccc12)C(=O)O. The largest absolute Gasteiger partial charge is 0.480 e. The zero-order valence-electron chi connectivity index (χ0n) is 24.9. The molecule has 0 fully saturated rings. The number of carbonyl (C=O) groups excluding carboxylic acids is 3. The molecule has 0 saturated heterocycles. The molecule has 0 radical (unpaired) electrons. The number of guanidine groups is 1. The van der Waals surface area contributed by atoms with Gasteiger partial charge in [-0.25, -0.2) is 14.8 Å². The first-order chi connectivity index (χ1) is 22.1. The van der Waals surface area contributed by atoms with Crippen molar-refractivity contribution in [1.82, 2.24) is 40.9 Å². The molecule has 4 rings (SSSR count). The number of nitrogens with two attached hydrogens (primary N) is 3. The topological polar surface area (TPSA) is 288 Å². The smallest absolute Gasteiger partial charge is 0.326 e. The molecule has 3 amide bonds. The second-order valence-electron chi connectivity index (χ2n) is 10.7. The van der Waals surface area contributed by atoms with Gasteiger partial charge in [-0.3, -0.25) is 19.4 Å². The van der Waals surface area contributed by atoms with Gasteiger partial charge in [-0.15, -0.1) is 0 Å². The summed E-state index contributed by atoms with van der Waals surface area (Å²) in [6.45, 7) is 0.189. The van der Waals surface area contributed by atoms with Gasteiger partial charge in [0, 0.05) is 66.7 Å². The summed E-state index contributed by atoms with van der Waals surface area (Å²) in [7, 11) is 0. The fourth-order valence-corrected chi connectivity index (χ4v) is 4.87. The number of hydrogen-bond acceptors (Lipinski definition) is 8. The van der Waals surface area contributed by atoms with Crippen LogP contribution in [-0.2, 0) is 38.4 Å². The number of rotatable bonds is 17. The minimum atomic E-state index is -1.30. The summed E-state index contributed by atoms with van der Waals surface area (Å²) in [5.74, 6) is -3.40. The molecule has 4 atom stereocenters.